The first-order valence-corrected chi connectivity index (χ1v) is 5.52. The first kappa shape index (κ1) is 11.3. The molecule has 6 heteroatoms. The van der Waals surface area contributed by atoms with Crippen LogP contribution in [0.15, 0.2) is 0 Å². The van der Waals surface area contributed by atoms with Crippen molar-refractivity contribution in [1.29, 1.82) is 0 Å². The molecule has 0 spiro atoms. The number of hydrogen-bond donors (Lipinski definition) is 0. The van der Waals surface area contributed by atoms with Crippen LogP contribution in [-0.2, 0) is 14.3 Å². The van der Waals surface area contributed by atoms with Crippen LogP contribution in [0.25, 0.3) is 0 Å². The summed E-state index contributed by atoms with van der Waals surface area (Å²) < 4.78 is 4.62. The zero-order valence-corrected chi connectivity index (χ0v) is 9.35. The minimum atomic E-state index is -0.615. The van der Waals surface area contributed by atoms with Crippen molar-refractivity contribution in [1.82, 2.24) is 4.90 Å². The number of likely N-dealkylation sites (N-methyl/N-ethyl adjacent to an activating group) is 1. The highest BCUT2D eigenvalue weighted by molar-refractivity contribution is 5.86. The number of rotatable bonds is 1. The molecule has 0 N–H and O–H groups in total. The lowest BCUT2D eigenvalue weighted by atomic mass is 10.2. The second-order valence-electron chi connectivity index (χ2n) is 4.59. The van der Waals surface area contributed by atoms with Gasteiger partial charge in [-0.25, -0.2) is 0 Å². The van der Waals surface area contributed by atoms with Crippen LogP contribution in [-0.4, -0.2) is 60.8 Å². The van der Waals surface area contributed by atoms with E-state index in [1.165, 1.54) is 0 Å². The first-order chi connectivity index (χ1) is 7.48. The SMILES string of the molecule is C[N+]1([O-])CCN(C(=O)[C@H]2CCC(=O)O2)CC1. The maximum Gasteiger partial charge on any atom is 0.306 e. The number of hydroxylamine groups is 3. The van der Waals surface area contributed by atoms with E-state index in [0.717, 1.165) is 0 Å². The normalized spacial score (nSPS) is 29.0. The Bertz CT molecular complexity index is 306. The van der Waals surface area contributed by atoms with E-state index >= 15 is 0 Å². The summed E-state index contributed by atoms with van der Waals surface area (Å²) in [5.74, 6) is -0.453. The number of quaternary nitrogens is 1. The van der Waals surface area contributed by atoms with Crippen molar-refractivity contribution in [2.24, 2.45) is 0 Å². The third-order valence-electron chi connectivity index (χ3n) is 3.16. The number of carbonyl (C=O) groups is 2. The van der Waals surface area contributed by atoms with Gasteiger partial charge in [0.1, 0.15) is 0 Å². The lowest BCUT2D eigenvalue weighted by Gasteiger charge is -2.45. The van der Waals surface area contributed by atoms with Gasteiger partial charge in [0.15, 0.2) is 6.10 Å². The van der Waals surface area contributed by atoms with E-state index in [1.807, 2.05) is 0 Å². The lowest BCUT2D eigenvalue weighted by Crippen LogP contribution is -2.56. The smallest absolute Gasteiger partial charge is 0.306 e. The van der Waals surface area contributed by atoms with E-state index < -0.39 is 6.10 Å². The van der Waals surface area contributed by atoms with E-state index in [2.05, 4.69) is 0 Å². The number of nitrogens with zero attached hydrogens (tertiary/aromatic N) is 2. The van der Waals surface area contributed by atoms with Crippen molar-refractivity contribution in [3.63, 3.8) is 0 Å². The number of esters is 1. The predicted molar refractivity (Wildman–Crippen MR) is 55.0 cm³/mol. The number of cyclic esters (lactones) is 1. The number of amides is 1. The van der Waals surface area contributed by atoms with Crippen LogP contribution < -0.4 is 0 Å². The number of piperazine rings is 1. The quantitative estimate of drug-likeness (QED) is 0.344. The zero-order valence-electron chi connectivity index (χ0n) is 9.35. The van der Waals surface area contributed by atoms with Crippen molar-refractivity contribution in [2.45, 2.75) is 18.9 Å². The van der Waals surface area contributed by atoms with E-state index in [-0.39, 0.29) is 16.5 Å². The maximum atomic E-state index is 11.9. The fourth-order valence-corrected chi connectivity index (χ4v) is 2.01. The van der Waals surface area contributed by atoms with E-state index in [1.54, 1.807) is 11.9 Å². The van der Waals surface area contributed by atoms with Gasteiger partial charge in [0, 0.05) is 12.8 Å². The molecule has 1 amide bonds. The first-order valence-electron chi connectivity index (χ1n) is 5.52. The van der Waals surface area contributed by atoms with Gasteiger partial charge in [0.2, 0.25) is 0 Å². The summed E-state index contributed by atoms with van der Waals surface area (Å²) in [6.45, 7) is 1.72. The van der Waals surface area contributed by atoms with Crippen LogP contribution in [0.2, 0.25) is 0 Å². The number of carbonyl (C=O) groups excluding carboxylic acids is 2. The molecule has 2 saturated heterocycles. The molecule has 1 atom stereocenters. The second-order valence-corrected chi connectivity index (χ2v) is 4.59. The third kappa shape index (κ3) is 2.33. The van der Waals surface area contributed by atoms with Gasteiger partial charge in [-0.1, -0.05) is 0 Å². The molecule has 0 aromatic carbocycles. The summed E-state index contributed by atoms with van der Waals surface area (Å²) in [7, 11) is 1.61. The predicted octanol–water partition coefficient (Wildman–Crippen LogP) is -0.521. The van der Waals surface area contributed by atoms with Crippen LogP contribution >= 0.6 is 0 Å². The maximum absolute atomic E-state index is 11.9. The number of hydrogen-bond acceptors (Lipinski definition) is 4. The van der Waals surface area contributed by atoms with Gasteiger partial charge in [0.25, 0.3) is 5.91 Å². The Kier molecular flexibility index (Phi) is 2.86. The molecule has 2 fully saturated rings. The molecule has 0 radical (unpaired) electrons. The molecular weight excluding hydrogens is 212 g/mol. The molecular formula is C10H16N2O4. The van der Waals surface area contributed by atoms with Crippen LogP contribution in [0.3, 0.4) is 0 Å². The van der Waals surface area contributed by atoms with Crippen molar-refractivity contribution in [2.75, 3.05) is 33.2 Å². The van der Waals surface area contributed by atoms with Gasteiger partial charge in [-0.15, -0.1) is 0 Å². The molecule has 16 heavy (non-hydrogen) atoms. The molecule has 2 aliphatic rings. The van der Waals surface area contributed by atoms with Crippen LogP contribution in [0.1, 0.15) is 12.8 Å². The van der Waals surface area contributed by atoms with Gasteiger partial charge in [0.05, 0.1) is 33.2 Å². The van der Waals surface area contributed by atoms with Gasteiger partial charge in [-0.05, 0) is 0 Å². The molecule has 2 heterocycles. The minimum Gasteiger partial charge on any atom is -0.633 e. The third-order valence-corrected chi connectivity index (χ3v) is 3.16. The molecule has 0 saturated carbocycles. The van der Waals surface area contributed by atoms with Crippen molar-refractivity contribution < 1.29 is 19.0 Å². The summed E-state index contributed by atoms with van der Waals surface area (Å²) >= 11 is 0. The van der Waals surface area contributed by atoms with Crippen LogP contribution in [0, 0.1) is 5.21 Å². The Balaban J connectivity index is 1.89. The standard InChI is InChI=1S/C10H16N2O4/c1-12(15)6-4-11(5-7-12)10(14)8-2-3-9(13)16-8/h8H,2-7H2,1H3/t8-/m1/s1. The highest BCUT2D eigenvalue weighted by atomic mass is 16.6. The summed E-state index contributed by atoms with van der Waals surface area (Å²) in [6, 6.07) is 0. The molecule has 2 rings (SSSR count). The van der Waals surface area contributed by atoms with Crippen molar-refractivity contribution >= 4 is 11.9 Å². The summed E-state index contributed by atoms with van der Waals surface area (Å²) in [4.78, 5) is 24.4. The summed E-state index contributed by atoms with van der Waals surface area (Å²) in [6.07, 6.45) is 0.174. The van der Waals surface area contributed by atoms with Gasteiger partial charge >= 0.3 is 5.97 Å². The van der Waals surface area contributed by atoms with Crippen LogP contribution in [0.5, 0.6) is 0 Å². The lowest BCUT2D eigenvalue weighted by molar-refractivity contribution is -0.864. The minimum absolute atomic E-state index is 0.148. The van der Waals surface area contributed by atoms with Crippen molar-refractivity contribution in [3.05, 3.63) is 5.21 Å². The molecule has 0 aromatic heterocycles. The Morgan fingerprint density at radius 2 is 2.12 bits per heavy atom. The van der Waals surface area contributed by atoms with E-state index in [0.29, 0.717) is 39.0 Å². The highest BCUT2D eigenvalue weighted by Crippen LogP contribution is 2.18. The molecule has 2 aliphatic heterocycles. The summed E-state index contributed by atoms with van der Waals surface area (Å²) in [5.41, 5.74) is 0. The Morgan fingerprint density at radius 3 is 2.62 bits per heavy atom. The van der Waals surface area contributed by atoms with Gasteiger partial charge in [-0.3, -0.25) is 9.59 Å². The average molecular weight is 228 g/mol. The molecule has 6 nitrogen and oxygen atoms in total. The number of ether oxygens (including phenoxy) is 1. The topological polar surface area (TPSA) is 69.7 Å². The molecule has 0 aliphatic carbocycles. The fraction of sp³-hybridized carbons (Fsp3) is 0.800. The largest absolute Gasteiger partial charge is 0.633 e. The molecule has 0 unspecified atom stereocenters. The van der Waals surface area contributed by atoms with E-state index in [9.17, 15) is 14.8 Å². The second kappa shape index (κ2) is 4.03. The summed E-state index contributed by atoms with van der Waals surface area (Å²) in [5, 5.41) is 11.6. The van der Waals surface area contributed by atoms with Gasteiger partial charge in [-0.2, -0.15) is 0 Å². The Hall–Kier alpha value is -1.14. The molecule has 90 valence electrons. The Morgan fingerprint density at radius 1 is 1.50 bits per heavy atom. The van der Waals surface area contributed by atoms with Gasteiger partial charge < -0.3 is 19.5 Å². The highest BCUT2D eigenvalue weighted by Gasteiger charge is 2.35. The van der Waals surface area contributed by atoms with E-state index in [4.69, 9.17) is 4.74 Å². The molecule has 0 bridgehead atoms. The van der Waals surface area contributed by atoms with Crippen molar-refractivity contribution in [3.8, 4) is 0 Å². The fourth-order valence-electron chi connectivity index (χ4n) is 2.01. The zero-order chi connectivity index (χ0) is 11.8. The van der Waals surface area contributed by atoms with Crippen LogP contribution in [0.4, 0.5) is 0 Å². The molecule has 0 aromatic rings. The monoisotopic (exact) mass is 228 g/mol. The average Bonchev–Trinajstić information content (AvgIpc) is 2.64. The Labute approximate surface area is 93.9 Å².